The van der Waals surface area contributed by atoms with Gasteiger partial charge in [0.15, 0.2) is 0 Å². The van der Waals surface area contributed by atoms with Gasteiger partial charge in [0.05, 0.1) is 0 Å². The van der Waals surface area contributed by atoms with Crippen LogP contribution in [0, 0.1) is 11.6 Å². The maximum atomic E-state index is 13.8. The Morgan fingerprint density at radius 3 is 2.40 bits per heavy atom. The lowest BCUT2D eigenvalue weighted by Crippen LogP contribution is -2.21. The third-order valence-electron chi connectivity index (χ3n) is 3.46. The Hall–Kier alpha value is -1.13. The van der Waals surface area contributed by atoms with Gasteiger partial charge in [-0.25, -0.2) is 8.78 Å². The minimum atomic E-state index is -0.592. The van der Waals surface area contributed by atoms with Crippen molar-refractivity contribution in [3.63, 3.8) is 0 Å². The van der Waals surface area contributed by atoms with Gasteiger partial charge in [-0.1, -0.05) is 33.6 Å². The van der Waals surface area contributed by atoms with Crippen molar-refractivity contribution in [2.75, 3.05) is 5.32 Å². The second-order valence-electron chi connectivity index (χ2n) is 4.91. The van der Waals surface area contributed by atoms with Gasteiger partial charge in [-0.15, -0.1) is 0 Å². The van der Waals surface area contributed by atoms with E-state index < -0.39 is 11.6 Å². The van der Waals surface area contributed by atoms with E-state index in [1.165, 1.54) is 17.7 Å². The molecule has 0 heterocycles. The molecule has 0 bridgehead atoms. The third kappa shape index (κ3) is 2.67. The van der Waals surface area contributed by atoms with E-state index in [2.05, 4.69) is 21.2 Å². The van der Waals surface area contributed by atoms with Gasteiger partial charge in [0.1, 0.15) is 17.3 Å². The Balaban J connectivity index is 1.81. The molecule has 0 amide bonds. The number of rotatable bonds is 2. The molecule has 1 unspecified atom stereocenters. The number of anilines is 1. The zero-order valence-corrected chi connectivity index (χ0v) is 12.7. The van der Waals surface area contributed by atoms with Crippen molar-refractivity contribution in [1.29, 1.82) is 0 Å². The lowest BCUT2D eigenvalue weighted by atomic mass is 10.1. The second kappa shape index (κ2) is 5.34. The third-order valence-corrected chi connectivity index (χ3v) is 4.15. The van der Waals surface area contributed by atoms with E-state index in [-0.39, 0.29) is 11.7 Å². The fourth-order valence-electron chi connectivity index (χ4n) is 2.57. The molecule has 0 saturated heterocycles. The summed E-state index contributed by atoms with van der Waals surface area (Å²) in [5, 5.41) is 3.64. The van der Waals surface area contributed by atoms with Gasteiger partial charge in [-0.05, 0) is 48.2 Å². The van der Waals surface area contributed by atoms with Gasteiger partial charge in [0.2, 0.25) is 0 Å². The van der Waals surface area contributed by atoms with Gasteiger partial charge >= 0.3 is 0 Å². The Labute approximate surface area is 129 Å². The number of hydrogen-bond acceptors (Lipinski definition) is 1. The predicted octanol–water partition coefficient (Wildman–Crippen LogP) is 4.96. The molecule has 104 valence electrons. The lowest BCUT2D eigenvalue weighted by Gasteiger charge is -2.15. The summed E-state index contributed by atoms with van der Waals surface area (Å²) in [6.45, 7) is 0. The summed E-state index contributed by atoms with van der Waals surface area (Å²) in [7, 11) is 0. The van der Waals surface area contributed by atoms with Crippen LogP contribution in [0.3, 0.4) is 0 Å². The maximum absolute atomic E-state index is 13.8. The highest BCUT2D eigenvalue weighted by atomic mass is 79.9. The SMILES string of the molecule is Fc1cc(Br)cc(F)c1NC1Cc2ccc(Cl)cc2C1. The minimum absolute atomic E-state index is 0.0198. The van der Waals surface area contributed by atoms with Crippen molar-refractivity contribution in [1.82, 2.24) is 0 Å². The summed E-state index contributed by atoms with van der Waals surface area (Å²) in [6.07, 6.45) is 1.45. The number of hydrogen-bond donors (Lipinski definition) is 1. The standard InChI is InChI=1S/C15H11BrClF2N/c16-10-6-13(18)15(14(19)7-10)20-12-4-8-1-2-11(17)3-9(8)5-12/h1-3,6-7,12,20H,4-5H2. The van der Waals surface area contributed by atoms with Gasteiger partial charge in [-0.3, -0.25) is 0 Å². The summed E-state index contributed by atoms with van der Waals surface area (Å²) < 4.78 is 28.0. The first kappa shape index (κ1) is 13.8. The first-order valence-electron chi connectivity index (χ1n) is 6.21. The fraction of sp³-hybridized carbons (Fsp3) is 0.200. The van der Waals surface area contributed by atoms with Crippen LogP contribution in [0.25, 0.3) is 0 Å². The molecule has 1 N–H and O–H groups in total. The molecule has 2 aromatic rings. The molecule has 2 aromatic carbocycles. The molecule has 1 atom stereocenters. The molecular formula is C15H11BrClF2N. The molecule has 0 spiro atoms. The van der Waals surface area contributed by atoms with Gasteiger partial charge in [-0.2, -0.15) is 0 Å². The summed E-state index contributed by atoms with van der Waals surface area (Å²) in [5.74, 6) is -1.18. The van der Waals surface area contributed by atoms with Crippen molar-refractivity contribution in [3.8, 4) is 0 Å². The molecule has 3 rings (SSSR count). The Morgan fingerprint density at radius 2 is 1.70 bits per heavy atom. The van der Waals surface area contributed by atoms with Crippen LogP contribution in [0.15, 0.2) is 34.8 Å². The lowest BCUT2D eigenvalue weighted by molar-refractivity contribution is 0.580. The predicted molar refractivity (Wildman–Crippen MR) is 80.3 cm³/mol. The monoisotopic (exact) mass is 357 g/mol. The van der Waals surface area contributed by atoms with Crippen LogP contribution in [0.2, 0.25) is 5.02 Å². The molecule has 20 heavy (non-hydrogen) atoms. The van der Waals surface area contributed by atoms with Crippen LogP contribution in [0.4, 0.5) is 14.5 Å². The molecule has 1 nitrogen and oxygen atoms in total. The van der Waals surface area contributed by atoms with Crippen molar-refractivity contribution < 1.29 is 8.78 Å². The molecule has 0 aromatic heterocycles. The molecule has 0 aliphatic heterocycles. The van der Waals surface area contributed by atoms with Crippen molar-refractivity contribution >= 4 is 33.2 Å². The maximum Gasteiger partial charge on any atom is 0.150 e. The summed E-state index contributed by atoms with van der Waals surface area (Å²) >= 11 is 9.02. The van der Waals surface area contributed by atoms with Gasteiger partial charge < -0.3 is 5.32 Å². The highest BCUT2D eigenvalue weighted by molar-refractivity contribution is 9.10. The van der Waals surface area contributed by atoms with Crippen molar-refractivity contribution in [2.24, 2.45) is 0 Å². The molecular weight excluding hydrogens is 348 g/mol. The largest absolute Gasteiger partial charge is 0.377 e. The van der Waals surface area contributed by atoms with E-state index in [1.807, 2.05) is 18.2 Å². The van der Waals surface area contributed by atoms with Crippen LogP contribution in [0.1, 0.15) is 11.1 Å². The molecule has 1 aliphatic carbocycles. The average Bonchev–Trinajstić information content (AvgIpc) is 2.75. The van der Waals surface area contributed by atoms with E-state index in [4.69, 9.17) is 11.6 Å². The first-order valence-corrected chi connectivity index (χ1v) is 7.38. The first-order chi connectivity index (χ1) is 9.52. The molecule has 0 fully saturated rings. The van der Waals surface area contributed by atoms with Crippen LogP contribution in [0.5, 0.6) is 0 Å². The number of benzene rings is 2. The normalized spacial score (nSPS) is 17.1. The molecule has 1 aliphatic rings. The van der Waals surface area contributed by atoms with E-state index in [0.29, 0.717) is 15.9 Å². The Bertz CT molecular complexity index is 652. The zero-order chi connectivity index (χ0) is 14.3. The number of fused-ring (bicyclic) bond motifs is 1. The Kier molecular flexibility index (Phi) is 3.69. The minimum Gasteiger partial charge on any atom is -0.377 e. The van der Waals surface area contributed by atoms with Crippen LogP contribution < -0.4 is 5.32 Å². The molecule has 5 heteroatoms. The summed E-state index contributed by atoms with van der Waals surface area (Å²) in [6, 6.07) is 8.20. The van der Waals surface area contributed by atoms with E-state index in [1.54, 1.807) is 0 Å². The van der Waals surface area contributed by atoms with Gasteiger partial charge in [0, 0.05) is 15.5 Å². The average molecular weight is 359 g/mol. The van der Waals surface area contributed by atoms with E-state index in [0.717, 1.165) is 12.0 Å². The quantitative estimate of drug-likeness (QED) is 0.800. The van der Waals surface area contributed by atoms with E-state index in [9.17, 15) is 8.78 Å². The van der Waals surface area contributed by atoms with Gasteiger partial charge in [0.25, 0.3) is 0 Å². The fourth-order valence-corrected chi connectivity index (χ4v) is 3.17. The Morgan fingerprint density at radius 1 is 1.05 bits per heavy atom. The highest BCUT2D eigenvalue weighted by Crippen LogP contribution is 2.30. The van der Waals surface area contributed by atoms with Crippen molar-refractivity contribution in [2.45, 2.75) is 18.9 Å². The summed E-state index contributed by atoms with van der Waals surface area (Å²) in [5.41, 5.74) is 2.23. The summed E-state index contributed by atoms with van der Waals surface area (Å²) in [4.78, 5) is 0. The highest BCUT2D eigenvalue weighted by Gasteiger charge is 2.23. The molecule has 0 radical (unpaired) electrons. The van der Waals surface area contributed by atoms with E-state index >= 15 is 0 Å². The van der Waals surface area contributed by atoms with Crippen LogP contribution in [-0.4, -0.2) is 6.04 Å². The molecule has 0 saturated carbocycles. The smallest absolute Gasteiger partial charge is 0.150 e. The van der Waals surface area contributed by atoms with Crippen LogP contribution in [-0.2, 0) is 12.8 Å². The van der Waals surface area contributed by atoms with Crippen LogP contribution >= 0.6 is 27.5 Å². The topological polar surface area (TPSA) is 12.0 Å². The second-order valence-corrected chi connectivity index (χ2v) is 6.26. The zero-order valence-electron chi connectivity index (χ0n) is 10.4. The number of nitrogens with one attached hydrogen (secondary N) is 1. The number of halogens is 4. The van der Waals surface area contributed by atoms with Crippen molar-refractivity contribution in [3.05, 3.63) is 62.6 Å².